The van der Waals surface area contributed by atoms with Crippen molar-refractivity contribution in [2.75, 3.05) is 32.1 Å². The minimum atomic E-state index is 0.208. The van der Waals surface area contributed by atoms with Gasteiger partial charge in [0, 0.05) is 18.6 Å². The summed E-state index contributed by atoms with van der Waals surface area (Å²) in [7, 11) is 3.57. The second-order valence-electron chi connectivity index (χ2n) is 4.83. The number of aromatic nitrogens is 2. The number of halogens is 1. The summed E-state index contributed by atoms with van der Waals surface area (Å²) >= 11 is 6.15. The van der Waals surface area contributed by atoms with Crippen LogP contribution >= 0.6 is 11.6 Å². The number of ether oxygens (including phenoxy) is 1. The van der Waals surface area contributed by atoms with Crippen LogP contribution in [0.25, 0.3) is 0 Å². The van der Waals surface area contributed by atoms with Crippen LogP contribution in [0.1, 0.15) is 19.8 Å². The second kappa shape index (κ2) is 5.28. The maximum absolute atomic E-state index is 6.15. The average molecular weight is 271 g/mol. The molecule has 1 aliphatic rings. The van der Waals surface area contributed by atoms with Crippen molar-refractivity contribution >= 4 is 17.4 Å². The Hall–Kier alpha value is -1.07. The van der Waals surface area contributed by atoms with E-state index in [0.717, 1.165) is 31.7 Å². The maximum atomic E-state index is 6.15. The summed E-state index contributed by atoms with van der Waals surface area (Å²) in [6.45, 7) is 4.10. The van der Waals surface area contributed by atoms with Gasteiger partial charge in [-0.05, 0) is 26.8 Å². The summed E-state index contributed by atoms with van der Waals surface area (Å²) in [4.78, 5) is 10.5. The number of rotatable bonds is 3. The summed E-state index contributed by atoms with van der Waals surface area (Å²) in [5.74, 6) is 0.765. The van der Waals surface area contributed by atoms with E-state index in [1.165, 1.54) is 0 Å². The fraction of sp³-hybridized carbons (Fsp3) is 0.667. The van der Waals surface area contributed by atoms with Crippen LogP contribution in [0.4, 0.5) is 5.82 Å². The highest BCUT2D eigenvalue weighted by atomic mass is 35.5. The molecule has 0 radical (unpaired) electrons. The first-order valence-electron chi connectivity index (χ1n) is 6.08. The standard InChI is InChI=1S/C12H19ClN4O/c1-12(14-2)4-6-17(7-5-12)10-9(13)8-15-11(16-10)18-3/h8,14H,4-7H2,1-3H3. The van der Waals surface area contributed by atoms with Gasteiger partial charge < -0.3 is 15.0 Å². The molecule has 2 rings (SSSR count). The van der Waals surface area contributed by atoms with Crippen molar-refractivity contribution in [3.8, 4) is 6.01 Å². The molecule has 0 amide bonds. The lowest BCUT2D eigenvalue weighted by Gasteiger charge is -2.40. The van der Waals surface area contributed by atoms with Crippen LogP contribution < -0.4 is 15.0 Å². The molecule has 1 aromatic heterocycles. The Morgan fingerprint density at radius 2 is 2.11 bits per heavy atom. The smallest absolute Gasteiger partial charge is 0.318 e. The van der Waals surface area contributed by atoms with Crippen LogP contribution in [0.2, 0.25) is 5.02 Å². The number of piperidine rings is 1. The Kier molecular flexibility index (Phi) is 3.92. The molecule has 1 fully saturated rings. The summed E-state index contributed by atoms with van der Waals surface area (Å²) in [5, 5.41) is 3.95. The molecule has 0 spiro atoms. The van der Waals surface area contributed by atoms with Crippen molar-refractivity contribution in [3.63, 3.8) is 0 Å². The van der Waals surface area contributed by atoms with Gasteiger partial charge in [0.25, 0.3) is 0 Å². The highest BCUT2D eigenvalue weighted by molar-refractivity contribution is 6.32. The predicted octanol–water partition coefficient (Wildman–Crippen LogP) is 1.72. The van der Waals surface area contributed by atoms with Crippen LogP contribution in [0.3, 0.4) is 0 Å². The highest BCUT2D eigenvalue weighted by Gasteiger charge is 2.29. The predicted molar refractivity (Wildman–Crippen MR) is 72.5 cm³/mol. The van der Waals surface area contributed by atoms with E-state index in [0.29, 0.717) is 11.0 Å². The fourth-order valence-corrected chi connectivity index (χ4v) is 2.34. The molecule has 0 aliphatic carbocycles. The quantitative estimate of drug-likeness (QED) is 0.906. The third-order valence-electron chi connectivity index (χ3n) is 3.66. The molecule has 2 heterocycles. The van der Waals surface area contributed by atoms with Crippen LogP contribution in [0.15, 0.2) is 6.20 Å². The molecule has 0 atom stereocenters. The molecule has 100 valence electrons. The van der Waals surface area contributed by atoms with Gasteiger partial charge >= 0.3 is 6.01 Å². The van der Waals surface area contributed by atoms with Crippen LogP contribution in [0.5, 0.6) is 6.01 Å². The largest absolute Gasteiger partial charge is 0.467 e. The molecule has 0 unspecified atom stereocenters. The van der Waals surface area contributed by atoms with Crippen LogP contribution in [0, 0.1) is 0 Å². The van der Waals surface area contributed by atoms with E-state index in [-0.39, 0.29) is 5.54 Å². The molecule has 6 heteroatoms. The van der Waals surface area contributed by atoms with Crippen molar-refractivity contribution < 1.29 is 4.74 Å². The number of methoxy groups -OCH3 is 1. The lowest BCUT2D eigenvalue weighted by molar-refractivity contribution is 0.303. The monoisotopic (exact) mass is 270 g/mol. The summed E-state index contributed by atoms with van der Waals surface area (Å²) in [5.41, 5.74) is 0.208. The van der Waals surface area contributed by atoms with E-state index in [1.807, 2.05) is 7.05 Å². The van der Waals surface area contributed by atoms with Gasteiger partial charge in [0.05, 0.1) is 13.3 Å². The van der Waals surface area contributed by atoms with Crippen molar-refractivity contribution in [2.45, 2.75) is 25.3 Å². The number of nitrogens with one attached hydrogen (secondary N) is 1. The van der Waals surface area contributed by atoms with Gasteiger partial charge in [-0.2, -0.15) is 4.98 Å². The van der Waals surface area contributed by atoms with E-state index >= 15 is 0 Å². The first-order valence-corrected chi connectivity index (χ1v) is 6.46. The first-order chi connectivity index (χ1) is 8.58. The van der Waals surface area contributed by atoms with Crippen molar-refractivity contribution in [2.24, 2.45) is 0 Å². The number of anilines is 1. The summed E-state index contributed by atoms with van der Waals surface area (Å²) in [6, 6.07) is 0.358. The Morgan fingerprint density at radius 3 is 2.67 bits per heavy atom. The van der Waals surface area contributed by atoms with E-state index in [1.54, 1.807) is 13.3 Å². The minimum Gasteiger partial charge on any atom is -0.467 e. The zero-order valence-electron chi connectivity index (χ0n) is 11.0. The lowest BCUT2D eigenvalue weighted by atomic mass is 9.90. The maximum Gasteiger partial charge on any atom is 0.318 e. The molecule has 1 aromatic rings. The molecule has 1 saturated heterocycles. The third-order valence-corrected chi connectivity index (χ3v) is 3.92. The van der Waals surface area contributed by atoms with E-state index in [4.69, 9.17) is 16.3 Å². The van der Waals surface area contributed by atoms with Crippen LogP contribution in [-0.2, 0) is 0 Å². The Labute approximate surface area is 113 Å². The number of hydrogen-bond donors (Lipinski definition) is 1. The van der Waals surface area contributed by atoms with Gasteiger partial charge in [-0.3, -0.25) is 0 Å². The molecule has 1 N–H and O–H groups in total. The molecular formula is C12H19ClN4O. The minimum absolute atomic E-state index is 0.208. The van der Waals surface area contributed by atoms with Crippen molar-refractivity contribution in [1.82, 2.24) is 15.3 Å². The van der Waals surface area contributed by atoms with E-state index in [9.17, 15) is 0 Å². The van der Waals surface area contributed by atoms with Gasteiger partial charge in [-0.25, -0.2) is 4.98 Å². The zero-order chi connectivity index (χ0) is 13.2. The van der Waals surface area contributed by atoms with Gasteiger partial charge in [-0.1, -0.05) is 11.6 Å². The number of nitrogens with zero attached hydrogens (tertiary/aromatic N) is 3. The molecule has 0 aromatic carbocycles. The van der Waals surface area contributed by atoms with Gasteiger partial charge in [0.15, 0.2) is 5.82 Å². The molecule has 18 heavy (non-hydrogen) atoms. The molecular weight excluding hydrogens is 252 g/mol. The Bertz CT molecular complexity index is 419. The molecule has 0 saturated carbocycles. The van der Waals surface area contributed by atoms with Crippen LogP contribution in [-0.4, -0.2) is 42.8 Å². The van der Waals surface area contributed by atoms with E-state index in [2.05, 4.69) is 27.1 Å². The highest BCUT2D eigenvalue weighted by Crippen LogP contribution is 2.29. The van der Waals surface area contributed by atoms with Crippen molar-refractivity contribution in [1.29, 1.82) is 0 Å². The number of hydrogen-bond acceptors (Lipinski definition) is 5. The normalized spacial score (nSPS) is 18.8. The third kappa shape index (κ3) is 2.67. The average Bonchev–Trinajstić information content (AvgIpc) is 2.41. The van der Waals surface area contributed by atoms with Gasteiger partial charge in [0.1, 0.15) is 5.02 Å². The SMILES string of the molecule is CNC1(C)CCN(c2nc(OC)ncc2Cl)CC1. The summed E-state index contributed by atoms with van der Waals surface area (Å²) in [6.07, 6.45) is 3.72. The van der Waals surface area contributed by atoms with Gasteiger partial charge in [-0.15, -0.1) is 0 Å². The first kappa shape index (κ1) is 13.4. The molecule has 5 nitrogen and oxygen atoms in total. The summed E-state index contributed by atoms with van der Waals surface area (Å²) < 4.78 is 5.04. The Morgan fingerprint density at radius 1 is 1.44 bits per heavy atom. The zero-order valence-corrected chi connectivity index (χ0v) is 11.8. The second-order valence-corrected chi connectivity index (χ2v) is 5.23. The lowest BCUT2D eigenvalue weighted by Crippen LogP contribution is -2.50. The Balaban J connectivity index is 2.14. The topological polar surface area (TPSA) is 50.3 Å². The molecule has 0 bridgehead atoms. The van der Waals surface area contributed by atoms with E-state index < -0.39 is 0 Å². The van der Waals surface area contributed by atoms with Gasteiger partial charge in [0.2, 0.25) is 0 Å². The fourth-order valence-electron chi connectivity index (χ4n) is 2.12. The molecule has 1 aliphatic heterocycles. The van der Waals surface area contributed by atoms with Crippen molar-refractivity contribution in [3.05, 3.63) is 11.2 Å².